The van der Waals surface area contributed by atoms with E-state index in [2.05, 4.69) is 29.2 Å². The predicted molar refractivity (Wildman–Crippen MR) is 64.4 cm³/mol. The molecule has 0 spiro atoms. The minimum absolute atomic E-state index is 0.351. The number of rotatable bonds is 3. The molecular formula is C13H13NOS. The van der Waals surface area contributed by atoms with Gasteiger partial charge in [0.25, 0.3) is 0 Å². The Morgan fingerprint density at radius 2 is 2.12 bits per heavy atom. The molecular weight excluding hydrogens is 218 g/mol. The van der Waals surface area contributed by atoms with Gasteiger partial charge >= 0.3 is 0 Å². The molecule has 1 aromatic heterocycles. The molecule has 2 nitrogen and oxygen atoms in total. The van der Waals surface area contributed by atoms with Gasteiger partial charge in [-0.25, -0.2) is 4.98 Å². The van der Waals surface area contributed by atoms with Crippen LogP contribution < -0.4 is 0 Å². The van der Waals surface area contributed by atoms with Crippen LogP contribution in [0.5, 0.6) is 0 Å². The quantitative estimate of drug-likeness (QED) is 0.881. The van der Waals surface area contributed by atoms with Crippen LogP contribution in [0.4, 0.5) is 0 Å². The lowest BCUT2D eigenvalue weighted by molar-refractivity contribution is 0.147. The molecule has 1 aromatic carbocycles. The van der Waals surface area contributed by atoms with Gasteiger partial charge in [-0.2, -0.15) is 0 Å². The average molecular weight is 231 g/mol. The van der Waals surface area contributed by atoms with E-state index < -0.39 is 6.10 Å². The smallest absolute Gasteiger partial charge is 0.100 e. The van der Waals surface area contributed by atoms with Crippen molar-refractivity contribution in [3.63, 3.8) is 0 Å². The summed E-state index contributed by atoms with van der Waals surface area (Å²) in [4.78, 5) is 4.17. The van der Waals surface area contributed by atoms with Gasteiger partial charge in [0.15, 0.2) is 0 Å². The second kappa shape index (κ2) is 4.00. The number of hydrogen-bond donors (Lipinski definition) is 1. The van der Waals surface area contributed by atoms with E-state index in [0.717, 1.165) is 12.1 Å². The first-order valence-corrected chi connectivity index (χ1v) is 6.41. The van der Waals surface area contributed by atoms with Crippen molar-refractivity contribution in [2.75, 3.05) is 0 Å². The van der Waals surface area contributed by atoms with Crippen molar-refractivity contribution in [3.8, 4) is 0 Å². The number of nitrogens with zero attached hydrogens (tertiary/aromatic N) is 1. The number of hydrogen-bond acceptors (Lipinski definition) is 3. The van der Waals surface area contributed by atoms with E-state index in [0.29, 0.717) is 11.8 Å². The van der Waals surface area contributed by atoms with Gasteiger partial charge in [-0.3, -0.25) is 0 Å². The van der Waals surface area contributed by atoms with Crippen LogP contribution in [0, 0.1) is 5.92 Å². The average Bonchev–Trinajstić information content (AvgIpc) is 2.95. The van der Waals surface area contributed by atoms with Gasteiger partial charge in [-0.15, -0.1) is 11.3 Å². The molecule has 0 bridgehead atoms. The first kappa shape index (κ1) is 10.00. The summed E-state index contributed by atoms with van der Waals surface area (Å²) < 4.78 is 0. The normalized spacial score (nSPS) is 25.3. The van der Waals surface area contributed by atoms with Crippen LogP contribution >= 0.6 is 11.3 Å². The Labute approximate surface area is 98.6 Å². The Morgan fingerprint density at radius 3 is 2.81 bits per heavy atom. The Morgan fingerprint density at radius 1 is 1.31 bits per heavy atom. The molecule has 3 heteroatoms. The van der Waals surface area contributed by atoms with Gasteiger partial charge in [0.2, 0.25) is 0 Å². The lowest BCUT2D eigenvalue weighted by Crippen LogP contribution is -2.01. The maximum absolute atomic E-state index is 10.1. The van der Waals surface area contributed by atoms with Gasteiger partial charge in [-0.05, 0) is 23.8 Å². The lowest BCUT2D eigenvalue weighted by atomic mass is 10.1. The molecule has 2 aromatic rings. The van der Waals surface area contributed by atoms with Crippen LogP contribution in [0.15, 0.2) is 41.2 Å². The molecule has 0 aliphatic heterocycles. The van der Waals surface area contributed by atoms with E-state index in [1.54, 1.807) is 5.51 Å². The van der Waals surface area contributed by atoms with Gasteiger partial charge in [-0.1, -0.05) is 30.3 Å². The molecule has 1 saturated carbocycles. The Balaban J connectivity index is 1.73. The van der Waals surface area contributed by atoms with Crippen molar-refractivity contribution in [3.05, 3.63) is 52.5 Å². The molecule has 1 aliphatic rings. The van der Waals surface area contributed by atoms with E-state index >= 15 is 0 Å². The van der Waals surface area contributed by atoms with Gasteiger partial charge < -0.3 is 5.11 Å². The van der Waals surface area contributed by atoms with Gasteiger partial charge in [0, 0.05) is 5.38 Å². The highest BCUT2D eigenvalue weighted by molar-refractivity contribution is 7.07. The molecule has 1 aliphatic carbocycles. The minimum Gasteiger partial charge on any atom is -0.386 e. The Kier molecular flexibility index (Phi) is 2.50. The summed E-state index contributed by atoms with van der Waals surface area (Å²) >= 11 is 1.54. The van der Waals surface area contributed by atoms with E-state index in [4.69, 9.17) is 0 Å². The zero-order chi connectivity index (χ0) is 11.0. The lowest BCUT2D eigenvalue weighted by Gasteiger charge is -2.06. The molecule has 3 unspecified atom stereocenters. The molecule has 16 heavy (non-hydrogen) atoms. The molecule has 1 fully saturated rings. The highest BCUT2D eigenvalue weighted by Crippen LogP contribution is 2.53. The van der Waals surface area contributed by atoms with E-state index in [1.807, 2.05) is 11.4 Å². The van der Waals surface area contributed by atoms with Crippen LogP contribution in [0.1, 0.15) is 29.7 Å². The number of thiazole rings is 1. The summed E-state index contributed by atoms with van der Waals surface area (Å²) in [5, 5.41) is 12.1. The van der Waals surface area contributed by atoms with Crippen molar-refractivity contribution < 1.29 is 5.11 Å². The maximum Gasteiger partial charge on any atom is 0.100 e. The zero-order valence-corrected chi connectivity index (χ0v) is 9.60. The Hall–Kier alpha value is -1.19. The van der Waals surface area contributed by atoms with Crippen molar-refractivity contribution in [1.29, 1.82) is 0 Å². The minimum atomic E-state index is -0.392. The van der Waals surface area contributed by atoms with Crippen molar-refractivity contribution in [2.45, 2.75) is 18.4 Å². The van der Waals surface area contributed by atoms with E-state index in [9.17, 15) is 5.11 Å². The fourth-order valence-corrected chi connectivity index (χ4v) is 2.82. The number of aliphatic hydroxyl groups is 1. The molecule has 82 valence electrons. The number of aliphatic hydroxyl groups excluding tert-OH is 1. The fourth-order valence-electron chi connectivity index (χ4n) is 2.23. The SMILES string of the molecule is OC(c1cscn1)C1CC1c1ccccc1. The monoisotopic (exact) mass is 231 g/mol. The van der Waals surface area contributed by atoms with Crippen molar-refractivity contribution in [2.24, 2.45) is 5.92 Å². The topological polar surface area (TPSA) is 33.1 Å². The third-order valence-corrected chi connectivity index (χ3v) is 3.83. The first-order valence-electron chi connectivity index (χ1n) is 5.47. The summed E-state index contributed by atoms with van der Waals surface area (Å²) in [5.74, 6) is 0.863. The van der Waals surface area contributed by atoms with Crippen molar-refractivity contribution >= 4 is 11.3 Å². The molecule has 3 atom stereocenters. The molecule has 0 radical (unpaired) electrons. The highest BCUT2D eigenvalue weighted by atomic mass is 32.1. The molecule has 3 rings (SSSR count). The summed E-state index contributed by atoms with van der Waals surface area (Å²) in [6.45, 7) is 0. The van der Waals surface area contributed by atoms with Crippen LogP contribution in [-0.4, -0.2) is 10.1 Å². The van der Waals surface area contributed by atoms with E-state index in [-0.39, 0.29) is 0 Å². The summed E-state index contributed by atoms with van der Waals surface area (Å²) in [6.07, 6.45) is 0.680. The van der Waals surface area contributed by atoms with E-state index in [1.165, 1.54) is 16.9 Å². The Bertz CT molecular complexity index is 454. The van der Waals surface area contributed by atoms with Crippen LogP contribution in [-0.2, 0) is 0 Å². The third-order valence-electron chi connectivity index (χ3n) is 3.23. The van der Waals surface area contributed by atoms with Crippen LogP contribution in [0.3, 0.4) is 0 Å². The fraction of sp³-hybridized carbons (Fsp3) is 0.308. The summed E-state index contributed by atoms with van der Waals surface area (Å²) in [6, 6.07) is 10.4. The number of aromatic nitrogens is 1. The van der Waals surface area contributed by atoms with Crippen LogP contribution in [0.25, 0.3) is 0 Å². The maximum atomic E-state index is 10.1. The van der Waals surface area contributed by atoms with Gasteiger partial charge in [0.05, 0.1) is 11.2 Å². The summed E-state index contributed by atoms with van der Waals surface area (Å²) in [5.41, 5.74) is 3.94. The molecule has 0 amide bonds. The van der Waals surface area contributed by atoms with Crippen molar-refractivity contribution in [1.82, 2.24) is 4.98 Å². The zero-order valence-electron chi connectivity index (χ0n) is 8.78. The highest BCUT2D eigenvalue weighted by Gasteiger charge is 2.44. The third kappa shape index (κ3) is 1.77. The molecule has 1 heterocycles. The second-order valence-electron chi connectivity index (χ2n) is 4.27. The van der Waals surface area contributed by atoms with Gasteiger partial charge in [0.1, 0.15) is 6.10 Å². The first-order chi connectivity index (χ1) is 7.86. The van der Waals surface area contributed by atoms with Crippen LogP contribution in [0.2, 0.25) is 0 Å². The molecule has 1 N–H and O–H groups in total. The summed E-state index contributed by atoms with van der Waals surface area (Å²) in [7, 11) is 0. The molecule has 0 saturated heterocycles. The second-order valence-corrected chi connectivity index (χ2v) is 4.99. The predicted octanol–water partition coefficient (Wildman–Crippen LogP) is 2.98. The standard InChI is InChI=1S/C13H13NOS/c15-13(12-7-16-8-14-12)11-6-10(11)9-4-2-1-3-5-9/h1-5,7-8,10-11,13,15H,6H2. The largest absolute Gasteiger partial charge is 0.386 e. The number of benzene rings is 1.